The number of nitrogens with zero attached hydrogens (tertiary/aromatic N) is 1. The number of carbonyl (C=O) groups is 1. The highest BCUT2D eigenvalue weighted by atomic mass is 19.1. The van der Waals surface area contributed by atoms with Crippen LogP contribution in [0, 0.1) is 11.7 Å². The van der Waals surface area contributed by atoms with Crippen molar-refractivity contribution in [3.05, 3.63) is 24.3 Å². The zero-order valence-electron chi connectivity index (χ0n) is 9.74. The summed E-state index contributed by atoms with van der Waals surface area (Å²) in [6, 6.07) is 1.34. The first-order valence-electron chi connectivity index (χ1n) is 5.87. The van der Waals surface area contributed by atoms with Crippen LogP contribution in [0.5, 0.6) is 0 Å². The standard InChI is InChI=1S/C12H16FN3O/c1-2-3-8-6-11(8)16-12(17)15-10-4-5-14-7-9(10)13/h4-5,7-8,11H,2-3,6H2,1H3,(H2,14,15,16,17). The molecule has 5 heteroatoms. The van der Waals surface area contributed by atoms with Crippen LogP contribution in [-0.2, 0) is 0 Å². The lowest BCUT2D eigenvalue weighted by atomic mass is 10.2. The van der Waals surface area contributed by atoms with Gasteiger partial charge in [0, 0.05) is 12.2 Å². The quantitative estimate of drug-likeness (QED) is 0.845. The largest absolute Gasteiger partial charge is 0.335 e. The van der Waals surface area contributed by atoms with Crippen LogP contribution in [0.3, 0.4) is 0 Å². The molecule has 2 amide bonds. The summed E-state index contributed by atoms with van der Waals surface area (Å²) < 4.78 is 13.2. The molecule has 0 spiro atoms. The highest BCUT2D eigenvalue weighted by Gasteiger charge is 2.37. The maximum atomic E-state index is 13.2. The molecule has 1 aliphatic rings. The van der Waals surface area contributed by atoms with Gasteiger partial charge in [-0.25, -0.2) is 9.18 Å². The van der Waals surface area contributed by atoms with Crippen molar-refractivity contribution in [2.45, 2.75) is 32.2 Å². The third kappa shape index (κ3) is 3.15. The molecule has 0 saturated heterocycles. The Kier molecular flexibility index (Phi) is 3.56. The molecule has 92 valence electrons. The van der Waals surface area contributed by atoms with E-state index in [0.29, 0.717) is 5.92 Å². The van der Waals surface area contributed by atoms with Crippen LogP contribution in [0.2, 0.25) is 0 Å². The summed E-state index contributed by atoms with van der Waals surface area (Å²) >= 11 is 0. The van der Waals surface area contributed by atoms with Crippen LogP contribution in [0.1, 0.15) is 26.2 Å². The Morgan fingerprint density at radius 2 is 2.47 bits per heavy atom. The molecular formula is C12H16FN3O. The average molecular weight is 237 g/mol. The summed E-state index contributed by atoms with van der Waals surface area (Å²) in [6.45, 7) is 2.13. The smallest absolute Gasteiger partial charge is 0.319 e. The zero-order chi connectivity index (χ0) is 12.3. The minimum absolute atomic E-state index is 0.158. The molecule has 17 heavy (non-hydrogen) atoms. The Morgan fingerprint density at radius 1 is 1.65 bits per heavy atom. The Hall–Kier alpha value is -1.65. The summed E-state index contributed by atoms with van der Waals surface area (Å²) in [5.74, 6) is 0.0663. The van der Waals surface area contributed by atoms with Gasteiger partial charge in [0.05, 0.1) is 11.9 Å². The van der Waals surface area contributed by atoms with Crippen LogP contribution in [0.4, 0.5) is 14.9 Å². The van der Waals surface area contributed by atoms with Crippen LogP contribution in [-0.4, -0.2) is 17.1 Å². The molecule has 1 aromatic heterocycles. The number of amides is 2. The summed E-state index contributed by atoms with van der Waals surface area (Å²) in [6.07, 6.45) is 5.81. The van der Waals surface area contributed by atoms with E-state index in [-0.39, 0.29) is 17.8 Å². The molecule has 2 atom stereocenters. The summed E-state index contributed by atoms with van der Waals surface area (Å²) in [5.41, 5.74) is 0.158. The van der Waals surface area contributed by atoms with E-state index in [1.54, 1.807) is 0 Å². The van der Waals surface area contributed by atoms with E-state index in [2.05, 4.69) is 22.5 Å². The molecular weight excluding hydrogens is 221 g/mol. The molecule has 2 unspecified atom stereocenters. The topological polar surface area (TPSA) is 54.0 Å². The Labute approximate surface area is 99.6 Å². The van der Waals surface area contributed by atoms with E-state index >= 15 is 0 Å². The second kappa shape index (κ2) is 5.12. The van der Waals surface area contributed by atoms with Gasteiger partial charge < -0.3 is 10.6 Å². The number of rotatable bonds is 4. The van der Waals surface area contributed by atoms with Crippen LogP contribution in [0.25, 0.3) is 0 Å². The molecule has 2 N–H and O–H groups in total. The third-order valence-corrected chi connectivity index (χ3v) is 2.92. The first kappa shape index (κ1) is 11.8. The van der Waals surface area contributed by atoms with Gasteiger partial charge in [0.2, 0.25) is 0 Å². The number of pyridine rings is 1. The van der Waals surface area contributed by atoms with Gasteiger partial charge in [0.25, 0.3) is 0 Å². The molecule has 0 aliphatic heterocycles. The molecule has 2 rings (SSSR count). The van der Waals surface area contributed by atoms with E-state index in [1.807, 2.05) is 0 Å². The molecule has 4 nitrogen and oxygen atoms in total. The minimum atomic E-state index is -0.524. The van der Waals surface area contributed by atoms with Gasteiger partial charge in [-0.1, -0.05) is 13.3 Å². The average Bonchev–Trinajstić information content (AvgIpc) is 3.00. The predicted octanol–water partition coefficient (Wildman–Crippen LogP) is 2.53. The van der Waals surface area contributed by atoms with Crippen molar-refractivity contribution in [1.29, 1.82) is 0 Å². The number of aromatic nitrogens is 1. The van der Waals surface area contributed by atoms with Crippen molar-refractivity contribution in [3.63, 3.8) is 0 Å². The van der Waals surface area contributed by atoms with Gasteiger partial charge in [-0.15, -0.1) is 0 Å². The van der Waals surface area contributed by atoms with Crippen molar-refractivity contribution in [2.24, 2.45) is 5.92 Å². The summed E-state index contributed by atoms with van der Waals surface area (Å²) in [5, 5.41) is 5.31. The number of halogens is 1. The normalized spacial score (nSPS) is 22.0. The van der Waals surface area contributed by atoms with E-state index < -0.39 is 5.82 Å². The number of hydrogen-bond donors (Lipinski definition) is 2. The fourth-order valence-electron chi connectivity index (χ4n) is 1.92. The summed E-state index contributed by atoms with van der Waals surface area (Å²) in [4.78, 5) is 15.2. The Balaban J connectivity index is 1.81. The monoisotopic (exact) mass is 237 g/mol. The SMILES string of the molecule is CCCC1CC1NC(=O)Nc1ccncc1F. The van der Waals surface area contributed by atoms with Crippen molar-refractivity contribution in [2.75, 3.05) is 5.32 Å². The van der Waals surface area contributed by atoms with Gasteiger partial charge in [-0.2, -0.15) is 0 Å². The lowest BCUT2D eigenvalue weighted by Gasteiger charge is -2.07. The molecule has 1 fully saturated rings. The molecule has 0 aromatic carbocycles. The maximum absolute atomic E-state index is 13.2. The zero-order valence-corrected chi connectivity index (χ0v) is 9.74. The van der Waals surface area contributed by atoms with E-state index in [9.17, 15) is 9.18 Å². The molecule has 1 heterocycles. The number of carbonyl (C=O) groups excluding carboxylic acids is 1. The second-order valence-corrected chi connectivity index (χ2v) is 4.34. The summed E-state index contributed by atoms with van der Waals surface area (Å²) in [7, 11) is 0. The molecule has 1 aromatic rings. The maximum Gasteiger partial charge on any atom is 0.319 e. The number of anilines is 1. The highest BCUT2D eigenvalue weighted by Crippen LogP contribution is 2.34. The van der Waals surface area contributed by atoms with E-state index in [1.165, 1.54) is 12.3 Å². The molecule has 1 saturated carbocycles. The highest BCUT2D eigenvalue weighted by molar-refractivity contribution is 5.89. The van der Waals surface area contributed by atoms with Gasteiger partial charge in [-0.3, -0.25) is 4.98 Å². The molecule has 1 aliphatic carbocycles. The first-order chi connectivity index (χ1) is 8.20. The first-order valence-corrected chi connectivity index (χ1v) is 5.87. The number of nitrogens with one attached hydrogen (secondary N) is 2. The van der Waals surface area contributed by atoms with Crippen molar-refractivity contribution in [3.8, 4) is 0 Å². The van der Waals surface area contributed by atoms with E-state index in [4.69, 9.17) is 0 Å². The Bertz CT molecular complexity index is 410. The van der Waals surface area contributed by atoms with Crippen molar-refractivity contribution >= 4 is 11.7 Å². The van der Waals surface area contributed by atoms with Gasteiger partial charge >= 0.3 is 6.03 Å². The van der Waals surface area contributed by atoms with Crippen LogP contribution < -0.4 is 10.6 Å². The molecule has 0 bridgehead atoms. The van der Waals surface area contributed by atoms with Crippen molar-refractivity contribution < 1.29 is 9.18 Å². The van der Waals surface area contributed by atoms with Gasteiger partial charge in [0.1, 0.15) is 0 Å². The van der Waals surface area contributed by atoms with E-state index in [0.717, 1.165) is 25.5 Å². The Morgan fingerprint density at radius 3 is 3.18 bits per heavy atom. The van der Waals surface area contributed by atoms with Gasteiger partial charge in [-0.05, 0) is 24.8 Å². The fraction of sp³-hybridized carbons (Fsp3) is 0.500. The van der Waals surface area contributed by atoms with Crippen LogP contribution >= 0.6 is 0 Å². The lowest BCUT2D eigenvalue weighted by molar-refractivity contribution is 0.251. The van der Waals surface area contributed by atoms with Crippen molar-refractivity contribution in [1.82, 2.24) is 10.3 Å². The lowest BCUT2D eigenvalue weighted by Crippen LogP contribution is -2.31. The second-order valence-electron chi connectivity index (χ2n) is 4.34. The fourth-order valence-corrected chi connectivity index (χ4v) is 1.92. The van der Waals surface area contributed by atoms with Crippen LogP contribution in [0.15, 0.2) is 18.5 Å². The minimum Gasteiger partial charge on any atom is -0.335 e. The molecule has 0 radical (unpaired) electrons. The number of hydrogen-bond acceptors (Lipinski definition) is 2. The third-order valence-electron chi connectivity index (χ3n) is 2.92. The van der Waals surface area contributed by atoms with Gasteiger partial charge in [0.15, 0.2) is 5.82 Å². The predicted molar refractivity (Wildman–Crippen MR) is 63.2 cm³/mol. The number of urea groups is 1.